The van der Waals surface area contributed by atoms with Gasteiger partial charge in [-0.2, -0.15) is 0 Å². The van der Waals surface area contributed by atoms with Crippen molar-refractivity contribution in [1.29, 1.82) is 0 Å². The van der Waals surface area contributed by atoms with Crippen molar-refractivity contribution in [2.24, 2.45) is 0 Å². The van der Waals surface area contributed by atoms with Crippen LogP contribution in [0.15, 0.2) is 35.3 Å². The molecule has 0 bridgehead atoms. The van der Waals surface area contributed by atoms with Gasteiger partial charge in [0.05, 0.1) is 6.54 Å². The monoisotopic (exact) mass is 412 g/mol. The van der Waals surface area contributed by atoms with Crippen LogP contribution in [0.2, 0.25) is 0 Å². The first kappa shape index (κ1) is 19.8. The lowest BCUT2D eigenvalue weighted by molar-refractivity contribution is -0.129. The summed E-state index contributed by atoms with van der Waals surface area (Å²) in [6.07, 6.45) is 1.98. The number of carbonyl (C=O) groups excluding carboxylic acids is 3. The van der Waals surface area contributed by atoms with Crippen LogP contribution in [0.3, 0.4) is 0 Å². The van der Waals surface area contributed by atoms with Gasteiger partial charge in [0.2, 0.25) is 11.8 Å². The summed E-state index contributed by atoms with van der Waals surface area (Å²) in [6, 6.07) is 5.38. The van der Waals surface area contributed by atoms with E-state index in [0.29, 0.717) is 42.9 Å². The minimum atomic E-state index is -0.521. The predicted octanol–water partition coefficient (Wildman–Crippen LogP) is 0.453. The van der Waals surface area contributed by atoms with E-state index in [2.05, 4.69) is 5.32 Å². The van der Waals surface area contributed by atoms with E-state index in [1.54, 1.807) is 11.1 Å². The molecule has 3 amide bonds. The van der Waals surface area contributed by atoms with Crippen molar-refractivity contribution < 1.29 is 18.8 Å². The van der Waals surface area contributed by atoms with E-state index < -0.39 is 17.3 Å². The van der Waals surface area contributed by atoms with E-state index in [1.165, 1.54) is 40.7 Å². The smallest absolute Gasteiger partial charge is 0.268 e. The third-order valence-electron chi connectivity index (χ3n) is 5.49. The number of nitrogens with zero attached hydrogens (tertiary/aromatic N) is 3. The van der Waals surface area contributed by atoms with Crippen molar-refractivity contribution in [2.45, 2.75) is 19.9 Å². The van der Waals surface area contributed by atoms with Crippen LogP contribution in [0, 0.1) is 5.82 Å². The number of fused-ring (bicyclic) bond motifs is 1. The largest absolute Gasteiger partial charge is 0.353 e. The van der Waals surface area contributed by atoms with E-state index in [0.717, 1.165) is 0 Å². The fourth-order valence-electron chi connectivity index (χ4n) is 3.91. The third kappa shape index (κ3) is 3.58. The summed E-state index contributed by atoms with van der Waals surface area (Å²) in [7, 11) is 0. The molecule has 4 rings (SSSR count). The quantitative estimate of drug-likeness (QED) is 0.776. The van der Waals surface area contributed by atoms with Crippen LogP contribution in [-0.4, -0.2) is 58.3 Å². The second kappa shape index (κ2) is 7.74. The van der Waals surface area contributed by atoms with Crippen molar-refractivity contribution in [3.8, 4) is 5.69 Å². The second-order valence-corrected chi connectivity index (χ2v) is 7.43. The Morgan fingerprint density at radius 2 is 1.77 bits per heavy atom. The number of pyridine rings is 1. The topological polar surface area (TPSA) is 91.7 Å². The molecule has 30 heavy (non-hydrogen) atoms. The van der Waals surface area contributed by atoms with Crippen molar-refractivity contribution in [1.82, 2.24) is 19.7 Å². The van der Waals surface area contributed by atoms with Gasteiger partial charge in [-0.25, -0.2) is 4.39 Å². The number of rotatable bonds is 2. The summed E-state index contributed by atoms with van der Waals surface area (Å²) in [5, 5.41) is 2.66. The third-order valence-corrected chi connectivity index (χ3v) is 5.49. The van der Waals surface area contributed by atoms with Crippen LogP contribution in [0.1, 0.15) is 28.4 Å². The van der Waals surface area contributed by atoms with Crippen molar-refractivity contribution in [2.75, 3.05) is 26.2 Å². The number of benzene rings is 1. The van der Waals surface area contributed by atoms with Gasteiger partial charge in [-0.15, -0.1) is 0 Å². The fourth-order valence-corrected chi connectivity index (χ4v) is 3.91. The molecule has 1 saturated heterocycles. The Bertz CT molecular complexity index is 1090. The molecular formula is C21H21FN4O4. The fraction of sp³-hybridized carbons (Fsp3) is 0.333. The van der Waals surface area contributed by atoms with Crippen LogP contribution in [0.5, 0.6) is 0 Å². The molecule has 0 spiro atoms. The van der Waals surface area contributed by atoms with Gasteiger partial charge >= 0.3 is 0 Å². The molecule has 0 atom stereocenters. The maximum absolute atomic E-state index is 13.4. The number of aromatic nitrogens is 1. The molecule has 2 aliphatic rings. The molecule has 8 nitrogen and oxygen atoms in total. The van der Waals surface area contributed by atoms with Crippen LogP contribution < -0.4 is 10.9 Å². The second-order valence-electron chi connectivity index (χ2n) is 7.43. The number of carbonyl (C=O) groups is 3. The first-order chi connectivity index (χ1) is 14.3. The van der Waals surface area contributed by atoms with Gasteiger partial charge in [-0.1, -0.05) is 0 Å². The first-order valence-electron chi connectivity index (χ1n) is 9.70. The molecule has 3 heterocycles. The molecule has 1 aromatic heterocycles. The van der Waals surface area contributed by atoms with E-state index in [9.17, 15) is 23.6 Å². The molecule has 0 saturated carbocycles. The van der Waals surface area contributed by atoms with Gasteiger partial charge in [0, 0.05) is 45.0 Å². The summed E-state index contributed by atoms with van der Waals surface area (Å²) < 4.78 is 14.7. The molecule has 2 aliphatic heterocycles. The van der Waals surface area contributed by atoms with Gasteiger partial charge in [0.15, 0.2) is 0 Å². The molecule has 1 aromatic carbocycles. The van der Waals surface area contributed by atoms with E-state index in [1.807, 2.05) is 0 Å². The van der Waals surface area contributed by atoms with Crippen LogP contribution in [-0.2, 0) is 22.6 Å². The summed E-state index contributed by atoms with van der Waals surface area (Å²) in [5.41, 5.74) is 1.19. The number of hydrogen-bond acceptors (Lipinski definition) is 4. The average molecular weight is 412 g/mol. The lowest BCUT2D eigenvalue weighted by Crippen LogP contribution is -2.51. The van der Waals surface area contributed by atoms with Gasteiger partial charge in [-0.05, 0) is 41.8 Å². The standard InChI is InChI=1S/C21H21FN4O4/c1-13(27)24-8-6-17-14(10-24)11-26(16-4-2-15(22)3-5-16)21(30)19(17)20(29)25-9-7-23-18(28)12-25/h2-5,11H,6-10,12H2,1H3,(H,23,28). The number of halogens is 1. The normalized spacial score (nSPS) is 16.1. The highest BCUT2D eigenvalue weighted by atomic mass is 19.1. The van der Waals surface area contributed by atoms with Crippen molar-refractivity contribution in [3.05, 3.63) is 63.3 Å². The zero-order valence-electron chi connectivity index (χ0n) is 16.5. The highest BCUT2D eigenvalue weighted by Crippen LogP contribution is 2.23. The highest BCUT2D eigenvalue weighted by Gasteiger charge is 2.31. The predicted molar refractivity (Wildman–Crippen MR) is 106 cm³/mol. The summed E-state index contributed by atoms with van der Waals surface area (Å²) in [6.45, 7) is 2.67. The molecule has 0 unspecified atom stereocenters. The van der Waals surface area contributed by atoms with Crippen molar-refractivity contribution in [3.63, 3.8) is 0 Å². The minimum absolute atomic E-state index is 0.00901. The Morgan fingerprint density at radius 3 is 2.43 bits per heavy atom. The Labute approximate surface area is 171 Å². The Balaban J connectivity index is 1.86. The molecule has 1 fully saturated rings. The van der Waals surface area contributed by atoms with Crippen LogP contribution in [0.25, 0.3) is 5.69 Å². The molecule has 2 aromatic rings. The highest BCUT2D eigenvalue weighted by molar-refractivity contribution is 5.98. The summed E-state index contributed by atoms with van der Waals surface area (Å²) in [4.78, 5) is 53.3. The minimum Gasteiger partial charge on any atom is -0.353 e. The molecule has 0 radical (unpaired) electrons. The summed E-state index contributed by atoms with van der Waals surface area (Å²) >= 11 is 0. The molecule has 9 heteroatoms. The summed E-state index contributed by atoms with van der Waals surface area (Å²) in [5.74, 6) is -1.32. The molecule has 0 aliphatic carbocycles. The van der Waals surface area contributed by atoms with Crippen molar-refractivity contribution >= 4 is 17.7 Å². The maximum atomic E-state index is 13.4. The number of piperazine rings is 1. The molecular weight excluding hydrogens is 391 g/mol. The zero-order valence-corrected chi connectivity index (χ0v) is 16.5. The Kier molecular flexibility index (Phi) is 5.11. The van der Waals surface area contributed by atoms with Gasteiger partial charge in [0.25, 0.3) is 11.5 Å². The number of nitrogens with one attached hydrogen (secondary N) is 1. The van der Waals surface area contributed by atoms with Gasteiger partial charge < -0.3 is 15.1 Å². The van der Waals surface area contributed by atoms with E-state index in [-0.39, 0.29) is 30.5 Å². The maximum Gasteiger partial charge on any atom is 0.268 e. The number of hydrogen-bond donors (Lipinski definition) is 1. The Hall–Kier alpha value is -3.49. The van der Waals surface area contributed by atoms with Gasteiger partial charge in [-0.3, -0.25) is 23.7 Å². The average Bonchev–Trinajstić information content (AvgIpc) is 2.73. The SMILES string of the molecule is CC(=O)N1CCc2c(cn(-c3ccc(F)cc3)c(=O)c2C(=O)N2CCNC(=O)C2)C1. The van der Waals surface area contributed by atoms with Gasteiger partial charge in [0.1, 0.15) is 11.4 Å². The van der Waals surface area contributed by atoms with Crippen LogP contribution in [0.4, 0.5) is 4.39 Å². The number of amides is 3. The van der Waals surface area contributed by atoms with E-state index >= 15 is 0 Å². The van der Waals surface area contributed by atoms with E-state index in [4.69, 9.17) is 0 Å². The molecule has 156 valence electrons. The first-order valence-corrected chi connectivity index (χ1v) is 9.70. The zero-order chi connectivity index (χ0) is 21.4. The molecule has 1 N–H and O–H groups in total. The van der Waals surface area contributed by atoms with Crippen LogP contribution >= 0.6 is 0 Å². The lowest BCUT2D eigenvalue weighted by atomic mass is 9.95. The lowest BCUT2D eigenvalue weighted by Gasteiger charge is -2.32. The Morgan fingerprint density at radius 1 is 1.03 bits per heavy atom.